The summed E-state index contributed by atoms with van der Waals surface area (Å²) in [6, 6.07) is 2.22. The van der Waals surface area contributed by atoms with Gasteiger partial charge in [0, 0.05) is 38.5 Å². The van der Waals surface area contributed by atoms with Gasteiger partial charge in [-0.05, 0) is 48.2 Å². The van der Waals surface area contributed by atoms with Crippen LogP contribution in [0, 0.1) is 5.41 Å². The second kappa shape index (κ2) is 5.25. The van der Waals surface area contributed by atoms with Crippen molar-refractivity contribution in [2.45, 2.75) is 32.7 Å². The maximum atomic E-state index is 11.6. The molecule has 1 spiro atoms. The van der Waals surface area contributed by atoms with E-state index in [9.17, 15) is 4.79 Å². The monoisotopic (exact) mass is 278 g/mol. The molecule has 0 aliphatic carbocycles. The zero-order valence-corrected chi connectivity index (χ0v) is 12.4. The molecule has 104 valence electrons. The van der Waals surface area contributed by atoms with Crippen LogP contribution in [0.25, 0.3) is 0 Å². The van der Waals surface area contributed by atoms with Crippen LogP contribution in [0.2, 0.25) is 0 Å². The SMILES string of the molecule is CC(=O)N1CCC[C@]2(CCN(Cc3ccsc3)C2)C1. The van der Waals surface area contributed by atoms with Crippen LogP contribution in [0.15, 0.2) is 16.8 Å². The normalized spacial score (nSPS) is 28.2. The van der Waals surface area contributed by atoms with Crippen molar-refractivity contribution in [1.82, 2.24) is 9.80 Å². The number of carbonyl (C=O) groups is 1. The van der Waals surface area contributed by atoms with Crippen LogP contribution in [-0.2, 0) is 11.3 Å². The Morgan fingerprint density at radius 1 is 1.37 bits per heavy atom. The third kappa shape index (κ3) is 2.84. The van der Waals surface area contributed by atoms with Crippen LogP contribution in [0.4, 0.5) is 0 Å². The summed E-state index contributed by atoms with van der Waals surface area (Å²) in [6.07, 6.45) is 3.71. The van der Waals surface area contributed by atoms with Gasteiger partial charge in [0.05, 0.1) is 0 Å². The molecule has 3 rings (SSSR count). The minimum atomic E-state index is 0.246. The van der Waals surface area contributed by atoms with Gasteiger partial charge in [-0.2, -0.15) is 11.3 Å². The number of thiophene rings is 1. The molecule has 2 aliphatic rings. The summed E-state index contributed by atoms with van der Waals surface area (Å²) in [6.45, 7) is 7.06. The number of amides is 1. The first kappa shape index (κ1) is 13.1. The third-order valence-electron chi connectivity index (χ3n) is 4.61. The van der Waals surface area contributed by atoms with Crippen molar-refractivity contribution in [2.24, 2.45) is 5.41 Å². The van der Waals surface area contributed by atoms with Gasteiger partial charge in [-0.1, -0.05) is 0 Å². The Bertz CT molecular complexity index is 445. The summed E-state index contributed by atoms with van der Waals surface area (Å²) in [7, 11) is 0. The lowest BCUT2D eigenvalue weighted by atomic mass is 9.79. The van der Waals surface area contributed by atoms with Crippen molar-refractivity contribution in [2.75, 3.05) is 26.2 Å². The Kier molecular flexibility index (Phi) is 3.63. The lowest BCUT2D eigenvalue weighted by Crippen LogP contribution is -2.46. The molecule has 3 heterocycles. The van der Waals surface area contributed by atoms with Crippen LogP contribution in [-0.4, -0.2) is 41.9 Å². The largest absolute Gasteiger partial charge is 0.342 e. The summed E-state index contributed by atoms with van der Waals surface area (Å²) in [5.41, 5.74) is 1.81. The maximum Gasteiger partial charge on any atom is 0.219 e. The first-order chi connectivity index (χ1) is 9.17. The van der Waals surface area contributed by atoms with Gasteiger partial charge in [0.15, 0.2) is 0 Å². The van der Waals surface area contributed by atoms with Gasteiger partial charge < -0.3 is 4.90 Å². The molecule has 0 bridgehead atoms. The van der Waals surface area contributed by atoms with E-state index < -0.39 is 0 Å². The Hall–Kier alpha value is -0.870. The van der Waals surface area contributed by atoms with Gasteiger partial charge in [0.25, 0.3) is 0 Å². The molecule has 1 atom stereocenters. The molecule has 0 unspecified atom stereocenters. The van der Waals surface area contributed by atoms with Crippen LogP contribution >= 0.6 is 11.3 Å². The molecule has 0 radical (unpaired) electrons. The predicted octanol–water partition coefficient (Wildman–Crippen LogP) is 2.58. The molecule has 19 heavy (non-hydrogen) atoms. The van der Waals surface area contributed by atoms with Crippen molar-refractivity contribution in [3.05, 3.63) is 22.4 Å². The van der Waals surface area contributed by atoms with Crippen molar-refractivity contribution in [3.63, 3.8) is 0 Å². The average molecular weight is 278 g/mol. The van der Waals surface area contributed by atoms with Crippen LogP contribution in [0.5, 0.6) is 0 Å². The first-order valence-corrected chi connectivity index (χ1v) is 8.10. The number of carbonyl (C=O) groups excluding carboxylic acids is 1. The van der Waals surface area contributed by atoms with Crippen LogP contribution < -0.4 is 0 Å². The molecule has 0 aromatic carbocycles. The molecule has 2 saturated heterocycles. The minimum absolute atomic E-state index is 0.246. The quantitative estimate of drug-likeness (QED) is 0.830. The van der Waals surface area contributed by atoms with E-state index in [4.69, 9.17) is 0 Å². The standard InChI is InChI=1S/C15H22N2OS/c1-13(18)17-6-2-4-15(12-17)5-7-16(11-15)9-14-3-8-19-10-14/h3,8,10H,2,4-7,9,11-12H2,1H3/t15-/m1/s1. The van der Waals surface area contributed by atoms with E-state index in [2.05, 4.69) is 26.6 Å². The van der Waals surface area contributed by atoms with E-state index in [1.54, 1.807) is 18.3 Å². The molecular weight excluding hydrogens is 256 g/mol. The molecule has 0 N–H and O–H groups in total. The van der Waals surface area contributed by atoms with E-state index in [1.165, 1.54) is 31.4 Å². The second-order valence-electron chi connectivity index (χ2n) is 6.14. The minimum Gasteiger partial charge on any atom is -0.342 e. The fourth-order valence-electron chi connectivity index (χ4n) is 3.61. The molecule has 1 aromatic heterocycles. The number of nitrogens with zero attached hydrogens (tertiary/aromatic N) is 2. The second-order valence-corrected chi connectivity index (χ2v) is 6.92. The molecule has 2 aliphatic heterocycles. The van der Waals surface area contributed by atoms with E-state index in [0.717, 1.165) is 26.2 Å². The fourth-order valence-corrected chi connectivity index (χ4v) is 4.27. The number of hydrogen-bond donors (Lipinski definition) is 0. The number of piperidine rings is 1. The van der Waals surface area contributed by atoms with E-state index in [1.807, 2.05) is 0 Å². The Morgan fingerprint density at radius 2 is 2.26 bits per heavy atom. The number of rotatable bonds is 2. The smallest absolute Gasteiger partial charge is 0.219 e. The summed E-state index contributed by atoms with van der Waals surface area (Å²) < 4.78 is 0. The zero-order chi connectivity index (χ0) is 13.3. The van der Waals surface area contributed by atoms with Gasteiger partial charge in [-0.3, -0.25) is 9.69 Å². The summed E-state index contributed by atoms with van der Waals surface area (Å²) in [5, 5.41) is 4.40. The van der Waals surface area contributed by atoms with Crippen molar-refractivity contribution < 1.29 is 4.79 Å². The van der Waals surface area contributed by atoms with Crippen LogP contribution in [0.3, 0.4) is 0 Å². The van der Waals surface area contributed by atoms with Crippen LogP contribution in [0.1, 0.15) is 31.7 Å². The van der Waals surface area contributed by atoms with Crippen molar-refractivity contribution in [3.8, 4) is 0 Å². The Balaban J connectivity index is 1.62. The topological polar surface area (TPSA) is 23.6 Å². The van der Waals surface area contributed by atoms with Gasteiger partial charge in [-0.15, -0.1) is 0 Å². The van der Waals surface area contributed by atoms with Crippen molar-refractivity contribution >= 4 is 17.2 Å². The van der Waals surface area contributed by atoms with Gasteiger partial charge in [0.2, 0.25) is 5.91 Å². The highest BCUT2D eigenvalue weighted by molar-refractivity contribution is 7.07. The average Bonchev–Trinajstić information content (AvgIpc) is 3.01. The molecule has 1 amide bonds. The van der Waals surface area contributed by atoms with E-state index in [0.29, 0.717) is 5.41 Å². The number of likely N-dealkylation sites (tertiary alicyclic amines) is 2. The van der Waals surface area contributed by atoms with Crippen molar-refractivity contribution in [1.29, 1.82) is 0 Å². The molecular formula is C15H22N2OS. The Labute approximate surface area is 119 Å². The first-order valence-electron chi connectivity index (χ1n) is 7.16. The molecule has 3 nitrogen and oxygen atoms in total. The molecule has 4 heteroatoms. The molecule has 0 saturated carbocycles. The predicted molar refractivity (Wildman–Crippen MR) is 78.1 cm³/mol. The van der Waals surface area contributed by atoms with Gasteiger partial charge in [0.1, 0.15) is 0 Å². The summed E-state index contributed by atoms with van der Waals surface area (Å²) >= 11 is 1.77. The Morgan fingerprint density at radius 3 is 3.00 bits per heavy atom. The maximum absolute atomic E-state index is 11.6. The highest BCUT2D eigenvalue weighted by atomic mass is 32.1. The lowest BCUT2D eigenvalue weighted by Gasteiger charge is -2.40. The van der Waals surface area contributed by atoms with Gasteiger partial charge >= 0.3 is 0 Å². The highest BCUT2D eigenvalue weighted by Crippen LogP contribution is 2.39. The van der Waals surface area contributed by atoms with E-state index in [-0.39, 0.29) is 5.91 Å². The summed E-state index contributed by atoms with van der Waals surface area (Å²) in [4.78, 5) is 16.2. The van der Waals surface area contributed by atoms with Gasteiger partial charge in [-0.25, -0.2) is 0 Å². The zero-order valence-electron chi connectivity index (χ0n) is 11.6. The van der Waals surface area contributed by atoms with E-state index >= 15 is 0 Å². The lowest BCUT2D eigenvalue weighted by molar-refractivity contribution is -0.132. The summed E-state index contributed by atoms with van der Waals surface area (Å²) in [5.74, 6) is 0.246. The third-order valence-corrected chi connectivity index (χ3v) is 5.34. The number of hydrogen-bond acceptors (Lipinski definition) is 3. The molecule has 2 fully saturated rings. The fraction of sp³-hybridized carbons (Fsp3) is 0.667. The molecule has 1 aromatic rings. The highest BCUT2D eigenvalue weighted by Gasteiger charge is 2.41.